The van der Waals surface area contributed by atoms with E-state index in [9.17, 15) is 18.8 Å². The SMILES string of the molecule is O=C(N/N=C/c1cccc(OC(=O)c2cccs2)c1)C(=O)Nc1ccc(Br)cc1F. The number of anilines is 1. The van der Waals surface area contributed by atoms with Crippen molar-refractivity contribution in [2.75, 3.05) is 5.32 Å². The Morgan fingerprint density at radius 1 is 1.07 bits per heavy atom. The van der Waals surface area contributed by atoms with Crippen LogP contribution < -0.4 is 15.5 Å². The number of esters is 1. The number of thiophene rings is 1. The van der Waals surface area contributed by atoms with Crippen LogP contribution in [0.25, 0.3) is 0 Å². The van der Waals surface area contributed by atoms with Gasteiger partial charge >= 0.3 is 17.8 Å². The first-order valence-electron chi connectivity index (χ1n) is 8.37. The Bertz CT molecular complexity index is 1120. The third-order valence-corrected chi connectivity index (χ3v) is 4.90. The van der Waals surface area contributed by atoms with Gasteiger partial charge in [-0.1, -0.05) is 34.1 Å². The van der Waals surface area contributed by atoms with Crippen LogP contribution in [0.5, 0.6) is 5.75 Å². The van der Waals surface area contributed by atoms with Gasteiger partial charge in [0.2, 0.25) is 0 Å². The molecule has 2 N–H and O–H groups in total. The molecule has 0 aliphatic rings. The quantitative estimate of drug-likeness (QED) is 0.186. The van der Waals surface area contributed by atoms with Crippen LogP contribution in [0.15, 0.2) is 69.6 Å². The molecule has 0 saturated carbocycles. The molecule has 0 fully saturated rings. The van der Waals surface area contributed by atoms with Crippen LogP contribution in [-0.4, -0.2) is 24.0 Å². The Morgan fingerprint density at radius 3 is 2.63 bits per heavy atom. The molecular weight excluding hydrogens is 477 g/mol. The number of halogens is 2. The van der Waals surface area contributed by atoms with Gasteiger partial charge in [-0.15, -0.1) is 11.3 Å². The minimum Gasteiger partial charge on any atom is -0.422 e. The molecule has 0 aliphatic carbocycles. The van der Waals surface area contributed by atoms with Crippen LogP contribution in [0.1, 0.15) is 15.2 Å². The second kappa shape index (κ2) is 9.90. The van der Waals surface area contributed by atoms with E-state index in [-0.39, 0.29) is 5.69 Å². The maximum absolute atomic E-state index is 13.7. The van der Waals surface area contributed by atoms with E-state index in [4.69, 9.17) is 4.74 Å². The third kappa shape index (κ3) is 5.82. The monoisotopic (exact) mass is 489 g/mol. The summed E-state index contributed by atoms with van der Waals surface area (Å²) in [7, 11) is 0. The Hall–Kier alpha value is -3.37. The third-order valence-electron chi connectivity index (χ3n) is 3.56. The van der Waals surface area contributed by atoms with Gasteiger partial charge in [-0.25, -0.2) is 14.6 Å². The fraction of sp³-hybridized carbons (Fsp3) is 0. The zero-order chi connectivity index (χ0) is 21.5. The minimum atomic E-state index is -1.08. The zero-order valence-electron chi connectivity index (χ0n) is 15.1. The number of hydrogen-bond donors (Lipinski definition) is 2. The molecule has 10 heteroatoms. The molecule has 0 bridgehead atoms. The summed E-state index contributed by atoms with van der Waals surface area (Å²) in [5, 5.41) is 7.61. The largest absolute Gasteiger partial charge is 0.422 e. The lowest BCUT2D eigenvalue weighted by Gasteiger charge is -2.05. The number of nitrogens with zero attached hydrogens (tertiary/aromatic N) is 1. The van der Waals surface area contributed by atoms with Crippen molar-refractivity contribution in [3.63, 3.8) is 0 Å². The van der Waals surface area contributed by atoms with Crippen molar-refractivity contribution >= 4 is 57.0 Å². The maximum atomic E-state index is 13.7. The van der Waals surface area contributed by atoms with Crippen molar-refractivity contribution in [2.24, 2.45) is 5.10 Å². The van der Waals surface area contributed by atoms with Gasteiger partial charge in [0, 0.05) is 4.47 Å². The zero-order valence-corrected chi connectivity index (χ0v) is 17.5. The summed E-state index contributed by atoms with van der Waals surface area (Å²) in [6.07, 6.45) is 1.27. The lowest BCUT2D eigenvalue weighted by Crippen LogP contribution is -2.32. The molecule has 0 radical (unpaired) electrons. The summed E-state index contributed by atoms with van der Waals surface area (Å²) in [5.41, 5.74) is 2.43. The molecule has 3 aromatic rings. The smallest absolute Gasteiger partial charge is 0.353 e. The predicted molar refractivity (Wildman–Crippen MR) is 114 cm³/mol. The van der Waals surface area contributed by atoms with Crippen molar-refractivity contribution in [2.45, 2.75) is 0 Å². The molecule has 0 unspecified atom stereocenters. The lowest BCUT2D eigenvalue weighted by atomic mass is 10.2. The Labute approximate surface area is 182 Å². The van der Waals surface area contributed by atoms with E-state index in [0.717, 1.165) is 6.07 Å². The second-order valence-electron chi connectivity index (χ2n) is 5.72. The number of hydrazone groups is 1. The molecular formula is C20H13BrFN3O4S. The molecule has 2 aromatic carbocycles. The van der Waals surface area contributed by atoms with E-state index >= 15 is 0 Å². The molecule has 3 rings (SSSR count). The fourth-order valence-electron chi connectivity index (χ4n) is 2.20. The average Bonchev–Trinajstić information content (AvgIpc) is 3.25. The number of hydrogen-bond acceptors (Lipinski definition) is 6. The summed E-state index contributed by atoms with van der Waals surface area (Å²) in [6.45, 7) is 0. The van der Waals surface area contributed by atoms with E-state index in [1.165, 1.54) is 29.7 Å². The van der Waals surface area contributed by atoms with Crippen LogP contribution >= 0.6 is 27.3 Å². The summed E-state index contributed by atoms with van der Waals surface area (Å²) in [4.78, 5) is 36.1. The normalized spacial score (nSPS) is 10.6. The predicted octanol–water partition coefficient (Wildman–Crippen LogP) is 3.96. The molecule has 30 heavy (non-hydrogen) atoms. The van der Waals surface area contributed by atoms with Crippen LogP contribution in [-0.2, 0) is 9.59 Å². The first kappa shape index (κ1) is 21.3. The minimum absolute atomic E-state index is 0.136. The highest BCUT2D eigenvalue weighted by Crippen LogP contribution is 2.19. The van der Waals surface area contributed by atoms with Gasteiger partial charge in [0.25, 0.3) is 0 Å². The molecule has 2 amide bonds. The standard InChI is InChI=1S/C20H13BrFN3O4S/c21-13-6-7-16(15(22)10-13)24-18(26)19(27)25-23-11-12-3-1-4-14(9-12)29-20(28)17-5-2-8-30-17/h1-11H,(H,24,26)(H,25,27)/b23-11+. The topological polar surface area (TPSA) is 96.9 Å². The van der Waals surface area contributed by atoms with Crippen molar-refractivity contribution in [3.8, 4) is 5.75 Å². The Kier molecular flexibility index (Phi) is 7.04. The highest BCUT2D eigenvalue weighted by atomic mass is 79.9. The molecule has 0 aliphatic heterocycles. The lowest BCUT2D eigenvalue weighted by molar-refractivity contribution is -0.136. The average molecular weight is 490 g/mol. The number of carbonyl (C=O) groups excluding carboxylic acids is 3. The van der Waals surface area contributed by atoms with Crippen molar-refractivity contribution in [3.05, 3.63) is 80.7 Å². The van der Waals surface area contributed by atoms with Gasteiger partial charge in [-0.2, -0.15) is 5.10 Å². The Balaban J connectivity index is 1.56. The fourth-order valence-corrected chi connectivity index (χ4v) is 3.13. The van der Waals surface area contributed by atoms with Gasteiger partial charge in [-0.3, -0.25) is 9.59 Å². The Morgan fingerprint density at radius 2 is 1.90 bits per heavy atom. The summed E-state index contributed by atoms with van der Waals surface area (Å²) in [6, 6.07) is 13.8. The number of rotatable bonds is 5. The number of nitrogens with one attached hydrogen (secondary N) is 2. The van der Waals surface area contributed by atoms with Gasteiger partial charge in [0.15, 0.2) is 0 Å². The van der Waals surface area contributed by atoms with Gasteiger partial charge in [0.05, 0.1) is 11.9 Å². The number of benzene rings is 2. The van der Waals surface area contributed by atoms with E-state index in [0.29, 0.717) is 20.7 Å². The first-order chi connectivity index (χ1) is 14.4. The molecule has 1 aromatic heterocycles. The van der Waals surface area contributed by atoms with E-state index in [2.05, 4.69) is 26.3 Å². The molecule has 7 nitrogen and oxygen atoms in total. The van der Waals surface area contributed by atoms with Gasteiger partial charge in [0.1, 0.15) is 16.4 Å². The summed E-state index contributed by atoms with van der Waals surface area (Å²) < 4.78 is 19.5. The second-order valence-corrected chi connectivity index (χ2v) is 7.58. The summed E-state index contributed by atoms with van der Waals surface area (Å²) in [5.74, 6) is -3.03. The van der Waals surface area contributed by atoms with Crippen molar-refractivity contribution in [1.82, 2.24) is 5.43 Å². The highest BCUT2D eigenvalue weighted by Gasteiger charge is 2.15. The molecule has 0 saturated heterocycles. The van der Waals surface area contributed by atoms with Crippen molar-refractivity contribution < 1.29 is 23.5 Å². The van der Waals surface area contributed by atoms with Gasteiger partial charge in [-0.05, 0) is 47.3 Å². The van der Waals surface area contributed by atoms with Crippen LogP contribution in [0.4, 0.5) is 10.1 Å². The number of amides is 2. The number of ether oxygens (including phenoxy) is 1. The molecule has 0 spiro atoms. The van der Waals surface area contributed by atoms with Crippen LogP contribution in [0.3, 0.4) is 0 Å². The van der Waals surface area contributed by atoms with E-state index in [1.807, 2.05) is 5.43 Å². The van der Waals surface area contributed by atoms with Crippen LogP contribution in [0.2, 0.25) is 0 Å². The van der Waals surface area contributed by atoms with Gasteiger partial charge < -0.3 is 10.1 Å². The molecule has 152 valence electrons. The molecule has 1 heterocycles. The van der Waals surface area contributed by atoms with E-state index < -0.39 is 23.6 Å². The first-order valence-corrected chi connectivity index (χ1v) is 10.0. The number of carbonyl (C=O) groups is 3. The molecule has 0 atom stereocenters. The maximum Gasteiger partial charge on any atom is 0.353 e. The van der Waals surface area contributed by atoms with Crippen LogP contribution in [0, 0.1) is 5.82 Å². The highest BCUT2D eigenvalue weighted by molar-refractivity contribution is 9.10. The van der Waals surface area contributed by atoms with E-state index in [1.54, 1.807) is 41.8 Å². The summed E-state index contributed by atoms with van der Waals surface area (Å²) >= 11 is 4.36. The van der Waals surface area contributed by atoms with Crippen molar-refractivity contribution in [1.29, 1.82) is 0 Å².